The van der Waals surface area contributed by atoms with E-state index in [2.05, 4.69) is 42.7 Å². The number of non-ortho nitro benzene ring substituents is 1. The van der Waals surface area contributed by atoms with Crippen molar-refractivity contribution >= 4 is 55.4 Å². The summed E-state index contributed by atoms with van der Waals surface area (Å²) < 4.78 is -0.434. The first-order chi connectivity index (χ1) is 10.7. The molecule has 1 atom stereocenters. The molecule has 1 aliphatic rings. The topological polar surface area (TPSA) is 101 Å². The monoisotopic (exact) mass is 445 g/mol. The lowest BCUT2D eigenvalue weighted by molar-refractivity contribution is -0.384. The van der Waals surface area contributed by atoms with Crippen LogP contribution in [0.5, 0.6) is 0 Å². The first-order valence-corrected chi connectivity index (χ1v) is 8.15. The van der Waals surface area contributed by atoms with E-state index >= 15 is 0 Å². The van der Waals surface area contributed by atoms with Gasteiger partial charge in [0.25, 0.3) is 11.6 Å². The number of hydrogen-bond donors (Lipinski definition) is 2. The van der Waals surface area contributed by atoms with Crippen molar-refractivity contribution in [1.29, 1.82) is 0 Å². The molecule has 1 aliphatic carbocycles. The highest BCUT2D eigenvalue weighted by molar-refractivity contribution is 9.25. The van der Waals surface area contributed by atoms with Gasteiger partial charge >= 0.3 is 0 Å². The van der Waals surface area contributed by atoms with E-state index in [1.54, 1.807) is 6.92 Å². The lowest BCUT2D eigenvalue weighted by Crippen LogP contribution is -2.45. The number of rotatable bonds is 4. The summed E-state index contributed by atoms with van der Waals surface area (Å²) in [7, 11) is 0. The second-order valence-corrected chi connectivity index (χ2v) is 9.11. The maximum Gasteiger partial charge on any atom is 0.269 e. The first-order valence-electron chi connectivity index (χ1n) is 6.56. The van der Waals surface area contributed by atoms with Gasteiger partial charge in [-0.1, -0.05) is 31.9 Å². The number of nitro groups is 1. The number of nitro benzene ring substituents is 1. The summed E-state index contributed by atoms with van der Waals surface area (Å²) in [6.45, 7) is 1.77. The van der Waals surface area contributed by atoms with Crippen LogP contribution in [-0.2, 0) is 9.59 Å². The molecule has 0 radical (unpaired) electrons. The molecule has 1 fully saturated rings. The number of benzene rings is 1. The molecule has 2 amide bonds. The second-order valence-electron chi connectivity index (χ2n) is 5.34. The molecule has 1 aromatic carbocycles. The normalized spacial score (nSPS) is 21.7. The number of amides is 2. The van der Waals surface area contributed by atoms with Gasteiger partial charge in [-0.05, 0) is 37.1 Å². The van der Waals surface area contributed by atoms with Gasteiger partial charge in [-0.25, -0.2) is 0 Å². The summed E-state index contributed by atoms with van der Waals surface area (Å²) >= 11 is 6.75. The van der Waals surface area contributed by atoms with Crippen LogP contribution in [0.1, 0.15) is 18.9 Å². The number of carbonyl (C=O) groups is 2. The molecule has 0 aromatic heterocycles. The van der Waals surface area contributed by atoms with E-state index in [0.29, 0.717) is 12.0 Å². The zero-order valence-electron chi connectivity index (χ0n) is 12.0. The Morgan fingerprint density at radius 1 is 1.26 bits per heavy atom. The average Bonchev–Trinajstić information content (AvgIpc) is 3.02. The van der Waals surface area contributed by atoms with Crippen molar-refractivity contribution in [2.75, 3.05) is 0 Å². The molecule has 0 saturated heterocycles. The minimum atomic E-state index is -0.623. The summed E-state index contributed by atoms with van der Waals surface area (Å²) in [5, 5.41) is 10.5. The van der Waals surface area contributed by atoms with E-state index in [1.807, 2.05) is 0 Å². The summed E-state index contributed by atoms with van der Waals surface area (Å²) in [5.41, 5.74) is 4.64. The average molecular weight is 447 g/mol. The number of halogens is 2. The van der Waals surface area contributed by atoms with E-state index in [4.69, 9.17) is 0 Å². The Labute approximate surface area is 148 Å². The molecule has 23 heavy (non-hydrogen) atoms. The Kier molecular flexibility index (Phi) is 4.90. The van der Waals surface area contributed by atoms with E-state index in [0.717, 1.165) is 0 Å². The lowest BCUT2D eigenvalue weighted by atomic mass is 10.1. The molecular weight excluding hydrogens is 434 g/mol. The molecule has 0 aliphatic heterocycles. The number of nitrogens with zero attached hydrogens (tertiary/aromatic N) is 1. The molecule has 2 N–H and O–H groups in total. The van der Waals surface area contributed by atoms with Gasteiger partial charge in [0, 0.05) is 18.2 Å². The van der Waals surface area contributed by atoms with Gasteiger partial charge in [-0.2, -0.15) is 0 Å². The second kappa shape index (κ2) is 6.40. The summed E-state index contributed by atoms with van der Waals surface area (Å²) in [5.74, 6) is -0.806. The van der Waals surface area contributed by atoms with E-state index in [9.17, 15) is 19.7 Å². The van der Waals surface area contributed by atoms with Crippen LogP contribution >= 0.6 is 31.9 Å². The zero-order chi connectivity index (χ0) is 17.3. The SMILES string of the molecule is C[C@]1(C(=O)NNC(=O)/C=C/c2ccc([N+](=O)[O-])cc2)CC1(Br)Br. The van der Waals surface area contributed by atoms with Crippen LogP contribution in [0.25, 0.3) is 6.08 Å². The highest BCUT2D eigenvalue weighted by atomic mass is 79.9. The number of carbonyl (C=O) groups excluding carboxylic acids is 2. The minimum Gasteiger partial charge on any atom is -0.273 e. The predicted octanol–water partition coefficient (Wildman–Crippen LogP) is 2.65. The van der Waals surface area contributed by atoms with Crippen molar-refractivity contribution in [3.05, 3.63) is 46.0 Å². The van der Waals surface area contributed by atoms with Gasteiger partial charge in [0.2, 0.25) is 5.91 Å². The van der Waals surface area contributed by atoms with Crippen LogP contribution in [0.15, 0.2) is 30.3 Å². The van der Waals surface area contributed by atoms with Crippen LogP contribution in [-0.4, -0.2) is 20.0 Å². The van der Waals surface area contributed by atoms with Crippen molar-refractivity contribution in [3.63, 3.8) is 0 Å². The summed E-state index contributed by atoms with van der Waals surface area (Å²) in [6, 6.07) is 5.74. The van der Waals surface area contributed by atoms with Crippen LogP contribution in [0.2, 0.25) is 0 Å². The third-order valence-electron chi connectivity index (χ3n) is 3.59. The van der Waals surface area contributed by atoms with E-state index in [1.165, 1.54) is 36.4 Å². The van der Waals surface area contributed by atoms with Gasteiger partial charge in [0.05, 0.1) is 13.6 Å². The number of nitrogens with one attached hydrogen (secondary N) is 2. The Morgan fingerprint density at radius 3 is 2.30 bits per heavy atom. The fourth-order valence-electron chi connectivity index (χ4n) is 1.82. The molecule has 0 spiro atoms. The Bertz CT molecular complexity index is 688. The molecule has 1 saturated carbocycles. The molecule has 7 nitrogen and oxygen atoms in total. The quantitative estimate of drug-likeness (QED) is 0.321. The summed E-state index contributed by atoms with van der Waals surface area (Å²) in [4.78, 5) is 33.6. The Morgan fingerprint density at radius 2 is 1.83 bits per heavy atom. The zero-order valence-corrected chi connectivity index (χ0v) is 15.2. The maximum absolute atomic E-state index is 11.9. The van der Waals surface area contributed by atoms with Gasteiger partial charge in [0.1, 0.15) is 0 Å². The molecular formula is C14H13Br2N3O4. The van der Waals surface area contributed by atoms with E-state index in [-0.39, 0.29) is 11.6 Å². The number of alkyl halides is 2. The predicted molar refractivity (Wildman–Crippen MR) is 91.7 cm³/mol. The third kappa shape index (κ3) is 3.97. The third-order valence-corrected chi connectivity index (χ3v) is 5.90. The molecule has 9 heteroatoms. The standard InChI is InChI=1S/C14H13Br2N3O4/c1-13(8-14(13,15)16)12(21)18-17-11(20)7-4-9-2-5-10(6-3-9)19(22)23/h2-7H,8H2,1H3,(H,17,20)(H,18,21)/b7-4+/t13-/m1/s1. The molecule has 2 rings (SSSR count). The fraction of sp³-hybridized carbons (Fsp3) is 0.286. The number of hydrogen-bond acceptors (Lipinski definition) is 4. The van der Waals surface area contributed by atoms with Crippen molar-refractivity contribution in [2.24, 2.45) is 5.41 Å². The van der Waals surface area contributed by atoms with Crippen LogP contribution in [0, 0.1) is 15.5 Å². The largest absolute Gasteiger partial charge is 0.273 e. The van der Waals surface area contributed by atoms with Crippen molar-refractivity contribution in [3.8, 4) is 0 Å². The van der Waals surface area contributed by atoms with Gasteiger partial charge in [0.15, 0.2) is 0 Å². The van der Waals surface area contributed by atoms with Gasteiger partial charge in [-0.15, -0.1) is 0 Å². The van der Waals surface area contributed by atoms with Crippen LogP contribution in [0.3, 0.4) is 0 Å². The van der Waals surface area contributed by atoms with Crippen LogP contribution < -0.4 is 10.9 Å². The molecule has 1 aromatic rings. The first kappa shape index (κ1) is 17.6. The van der Waals surface area contributed by atoms with E-state index < -0.39 is 19.5 Å². The molecule has 122 valence electrons. The van der Waals surface area contributed by atoms with Crippen molar-refractivity contribution in [1.82, 2.24) is 10.9 Å². The summed E-state index contributed by atoms with van der Waals surface area (Å²) in [6.07, 6.45) is 3.33. The minimum absolute atomic E-state index is 0.0235. The highest BCUT2D eigenvalue weighted by Crippen LogP contribution is 2.66. The molecule has 0 heterocycles. The van der Waals surface area contributed by atoms with Crippen molar-refractivity contribution in [2.45, 2.75) is 16.6 Å². The Hall–Kier alpha value is -1.74. The Balaban J connectivity index is 1.85. The highest BCUT2D eigenvalue weighted by Gasteiger charge is 2.66. The maximum atomic E-state index is 11.9. The lowest BCUT2D eigenvalue weighted by Gasteiger charge is -2.12. The fourth-order valence-corrected chi connectivity index (χ4v) is 3.30. The molecule has 0 bridgehead atoms. The smallest absolute Gasteiger partial charge is 0.269 e. The van der Waals surface area contributed by atoms with Gasteiger partial charge < -0.3 is 0 Å². The number of hydrazine groups is 1. The van der Waals surface area contributed by atoms with Crippen molar-refractivity contribution < 1.29 is 14.5 Å². The molecule has 0 unspecified atom stereocenters. The van der Waals surface area contributed by atoms with Crippen LogP contribution in [0.4, 0.5) is 5.69 Å². The van der Waals surface area contributed by atoms with Gasteiger partial charge in [-0.3, -0.25) is 30.6 Å².